The molecule has 3 N–H and O–H groups in total. The van der Waals surface area contributed by atoms with Gasteiger partial charge in [0, 0.05) is 0 Å². The molecule has 0 bridgehead atoms. The smallest absolute Gasteiger partial charge is 0.254 e. The summed E-state index contributed by atoms with van der Waals surface area (Å²) in [6.07, 6.45) is 0. The highest BCUT2D eigenvalue weighted by Gasteiger charge is 2.14. The third kappa shape index (κ3) is 2.65. The second-order valence-electron chi connectivity index (χ2n) is 3.80. The number of nitrogens with one attached hydrogen (secondary N) is 1. The van der Waals surface area contributed by atoms with Gasteiger partial charge in [0.05, 0.1) is 16.6 Å². The first kappa shape index (κ1) is 11.7. The van der Waals surface area contributed by atoms with Crippen molar-refractivity contribution in [2.45, 2.75) is 13.0 Å². The molecule has 4 heteroatoms. The Balaban J connectivity index is 2.08. The molecule has 88 valence electrons. The van der Waals surface area contributed by atoms with Crippen molar-refractivity contribution >= 4 is 22.2 Å². The summed E-state index contributed by atoms with van der Waals surface area (Å²) < 4.78 is 0. The molecule has 17 heavy (non-hydrogen) atoms. The maximum absolute atomic E-state index is 11.9. The van der Waals surface area contributed by atoms with Crippen molar-refractivity contribution in [3.05, 3.63) is 52.9 Å². The molecule has 0 aliphatic rings. The average molecular weight is 246 g/mol. The average Bonchev–Trinajstić information content (AvgIpc) is 2.76. The van der Waals surface area contributed by atoms with E-state index in [1.54, 1.807) is 6.07 Å². The van der Waals surface area contributed by atoms with Crippen LogP contribution in [0.1, 0.15) is 28.9 Å². The Hall–Kier alpha value is -1.81. The van der Waals surface area contributed by atoms with Gasteiger partial charge in [0.15, 0.2) is 0 Å². The summed E-state index contributed by atoms with van der Waals surface area (Å²) in [5.41, 5.74) is 7.35. The number of hydrogen-bond donors (Lipinski definition) is 2. The first-order valence-electron chi connectivity index (χ1n) is 5.37. The van der Waals surface area contributed by atoms with Crippen molar-refractivity contribution in [3.8, 4) is 0 Å². The predicted octanol–water partition coefficient (Wildman–Crippen LogP) is 2.82. The van der Waals surface area contributed by atoms with Gasteiger partial charge in [0.1, 0.15) is 0 Å². The van der Waals surface area contributed by atoms with Gasteiger partial charge in [-0.05, 0) is 23.9 Å². The number of carbonyl (C=O) groups excluding carboxylic acids is 1. The van der Waals surface area contributed by atoms with E-state index in [4.69, 9.17) is 5.73 Å². The minimum absolute atomic E-state index is 0.0250. The van der Waals surface area contributed by atoms with Crippen molar-refractivity contribution < 1.29 is 4.79 Å². The Morgan fingerprint density at radius 1 is 1.29 bits per heavy atom. The molecular formula is C13H14N2OS. The number of rotatable bonds is 3. The van der Waals surface area contributed by atoms with Crippen LogP contribution in [0.15, 0.2) is 41.8 Å². The Bertz CT molecular complexity index is 507. The highest BCUT2D eigenvalue weighted by molar-refractivity contribution is 7.14. The highest BCUT2D eigenvalue weighted by atomic mass is 32.1. The van der Waals surface area contributed by atoms with Crippen LogP contribution >= 0.6 is 11.3 Å². The second-order valence-corrected chi connectivity index (χ2v) is 4.75. The molecule has 0 aliphatic carbocycles. The quantitative estimate of drug-likeness (QED) is 0.875. The van der Waals surface area contributed by atoms with Crippen molar-refractivity contribution in [1.82, 2.24) is 5.32 Å². The molecule has 0 radical (unpaired) electrons. The zero-order valence-corrected chi connectivity index (χ0v) is 10.3. The molecule has 0 saturated heterocycles. The van der Waals surface area contributed by atoms with Crippen LogP contribution < -0.4 is 11.1 Å². The van der Waals surface area contributed by atoms with Gasteiger partial charge in [-0.1, -0.05) is 30.3 Å². The van der Waals surface area contributed by atoms with Crippen LogP contribution in [0, 0.1) is 0 Å². The fourth-order valence-electron chi connectivity index (χ4n) is 1.61. The van der Waals surface area contributed by atoms with Crippen LogP contribution in [-0.2, 0) is 0 Å². The normalized spacial score (nSPS) is 12.1. The van der Waals surface area contributed by atoms with Crippen molar-refractivity contribution in [2.75, 3.05) is 5.73 Å². The molecule has 0 saturated carbocycles. The zero-order valence-electron chi connectivity index (χ0n) is 9.51. The number of carbonyl (C=O) groups is 1. The SMILES string of the molecule is C[C@@H](NC(=O)c1ccsc1N)c1ccccc1. The Morgan fingerprint density at radius 2 is 2.00 bits per heavy atom. The summed E-state index contributed by atoms with van der Waals surface area (Å²) in [5, 5.41) is 5.30. The topological polar surface area (TPSA) is 55.1 Å². The Morgan fingerprint density at radius 3 is 2.59 bits per heavy atom. The summed E-state index contributed by atoms with van der Waals surface area (Å²) in [5.74, 6) is -0.125. The van der Waals surface area contributed by atoms with Gasteiger partial charge in [-0.3, -0.25) is 4.79 Å². The minimum Gasteiger partial charge on any atom is -0.390 e. The van der Waals surface area contributed by atoms with Gasteiger partial charge in [0.2, 0.25) is 0 Å². The first-order valence-corrected chi connectivity index (χ1v) is 6.25. The number of hydrogen-bond acceptors (Lipinski definition) is 3. The molecule has 1 aromatic heterocycles. The first-order chi connectivity index (χ1) is 8.18. The molecule has 2 rings (SSSR count). The number of benzene rings is 1. The standard InChI is InChI=1S/C13H14N2OS/c1-9(10-5-3-2-4-6-10)15-13(16)11-7-8-17-12(11)14/h2-9H,14H2,1H3,(H,15,16)/t9-/m1/s1. The van der Waals surface area contributed by atoms with Gasteiger partial charge in [-0.15, -0.1) is 11.3 Å². The number of nitrogens with two attached hydrogens (primary N) is 1. The van der Waals surface area contributed by atoms with E-state index in [1.807, 2.05) is 42.6 Å². The Labute approximate surface area is 104 Å². The summed E-state index contributed by atoms with van der Waals surface area (Å²) in [7, 11) is 0. The lowest BCUT2D eigenvalue weighted by molar-refractivity contribution is 0.0941. The van der Waals surface area contributed by atoms with E-state index in [1.165, 1.54) is 11.3 Å². The maximum Gasteiger partial charge on any atom is 0.254 e. The molecule has 0 spiro atoms. The van der Waals surface area contributed by atoms with E-state index in [9.17, 15) is 4.79 Å². The van der Waals surface area contributed by atoms with Crippen molar-refractivity contribution in [3.63, 3.8) is 0 Å². The van der Waals surface area contributed by atoms with Crippen molar-refractivity contribution in [2.24, 2.45) is 0 Å². The number of anilines is 1. The molecule has 1 aromatic carbocycles. The van der Waals surface area contributed by atoms with Gasteiger partial charge in [-0.2, -0.15) is 0 Å². The molecule has 0 unspecified atom stereocenters. The van der Waals surface area contributed by atoms with E-state index >= 15 is 0 Å². The predicted molar refractivity (Wildman–Crippen MR) is 71.1 cm³/mol. The lowest BCUT2D eigenvalue weighted by atomic mass is 10.1. The summed E-state index contributed by atoms with van der Waals surface area (Å²) in [4.78, 5) is 11.9. The number of amides is 1. The van der Waals surface area contributed by atoms with E-state index in [0.29, 0.717) is 10.6 Å². The fraction of sp³-hybridized carbons (Fsp3) is 0.154. The minimum atomic E-state index is -0.125. The molecule has 0 aliphatic heterocycles. The lowest BCUT2D eigenvalue weighted by Gasteiger charge is -2.13. The van der Waals surface area contributed by atoms with E-state index < -0.39 is 0 Å². The zero-order chi connectivity index (χ0) is 12.3. The molecule has 0 fully saturated rings. The maximum atomic E-state index is 11.9. The molecule has 1 atom stereocenters. The van der Waals surface area contributed by atoms with Gasteiger partial charge in [0.25, 0.3) is 5.91 Å². The van der Waals surface area contributed by atoms with Crippen molar-refractivity contribution in [1.29, 1.82) is 0 Å². The third-order valence-corrected chi connectivity index (χ3v) is 3.33. The van der Waals surface area contributed by atoms with Crippen LogP contribution in [-0.4, -0.2) is 5.91 Å². The largest absolute Gasteiger partial charge is 0.390 e. The number of thiophene rings is 1. The van der Waals surface area contributed by atoms with Crippen LogP contribution in [0.2, 0.25) is 0 Å². The molecule has 2 aromatic rings. The summed E-state index contributed by atoms with van der Waals surface area (Å²) in [6.45, 7) is 1.95. The number of nitrogen functional groups attached to an aromatic ring is 1. The lowest BCUT2D eigenvalue weighted by Crippen LogP contribution is -2.26. The molecule has 1 amide bonds. The second kappa shape index (κ2) is 5.01. The van der Waals surface area contributed by atoms with E-state index in [-0.39, 0.29) is 11.9 Å². The van der Waals surface area contributed by atoms with Crippen LogP contribution in [0.4, 0.5) is 5.00 Å². The van der Waals surface area contributed by atoms with Gasteiger partial charge in [-0.25, -0.2) is 0 Å². The summed E-state index contributed by atoms with van der Waals surface area (Å²) >= 11 is 1.37. The Kier molecular flexibility index (Phi) is 3.44. The molecule has 1 heterocycles. The van der Waals surface area contributed by atoms with E-state index in [2.05, 4.69) is 5.32 Å². The van der Waals surface area contributed by atoms with Crippen LogP contribution in [0.3, 0.4) is 0 Å². The van der Waals surface area contributed by atoms with Crippen LogP contribution in [0.5, 0.6) is 0 Å². The highest BCUT2D eigenvalue weighted by Crippen LogP contribution is 2.20. The summed E-state index contributed by atoms with van der Waals surface area (Å²) in [6, 6.07) is 11.6. The molecular weight excluding hydrogens is 232 g/mol. The monoisotopic (exact) mass is 246 g/mol. The third-order valence-electron chi connectivity index (χ3n) is 2.59. The molecule has 3 nitrogen and oxygen atoms in total. The van der Waals surface area contributed by atoms with Gasteiger partial charge < -0.3 is 11.1 Å². The van der Waals surface area contributed by atoms with Crippen LogP contribution in [0.25, 0.3) is 0 Å². The fourth-order valence-corrected chi connectivity index (χ4v) is 2.25. The van der Waals surface area contributed by atoms with Gasteiger partial charge >= 0.3 is 0 Å². The van der Waals surface area contributed by atoms with E-state index in [0.717, 1.165) is 5.56 Å².